The van der Waals surface area contributed by atoms with Gasteiger partial charge in [0.25, 0.3) is 0 Å². The number of benzene rings is 3. The maximum atomic E-state index is 13.7. The maximum absolute atomic E-state index is 13.7. The molecule has 3 aromatic carbocycles. The molecule has 1 heterocycles. The van der Waals surface area contributed by atoms with E-state index in [1.165, 1.54) is 42.5 Å². The largest absolute Gasteiger partial charge is 0.292 e. The van der Waals surface area contributed by atoms with E-state index in [9.17, 15) is 13.2 Å². The average Bonchev–Trinajstić information content (AvgIpc) is 2.82. The lowest BCUT2D eigenvalue weighted by atomic mass is 10.1. The Bertz CT molecular complexity index is 1090. The molecule has 0 bridgehead atoms. The van der Waals surface area contributed by atoms with Crippen LogP contribution in [0.15, 0.2) is 54.6 Å². The zero-order valence-corrected chi connectivity index (χ0v) is 12.9. The fraction of sp³-hybridized carbons (Fsp3) is 0. The second-order valence-electron chi connectivity index (χ2n) is 5.39. The summed E-state index contributed by atoms with van der Waals surface area (Å²) >= 11 is 6.06. The molecule has 0 saturated heterocycles. The third-order valence-corrected chi connectivity index (χ3v) is 4.17. The van der Waals surface area contributed by atoms with E-state index >= 15 is 0 Å². The third kappa shape index (κ3) is 2.37. The molecule has 0 fully saturated rings. The molecular formula is C18H10ClF3N2. The molecule has 4 rings (SSSR count). The first-order valence-electron chi connectivity index (χ1n) is 7.14. The van der Waals surface area contributed by atoms with E-state index in [-0.39, 0.29) is 10.8 Å². The summed E-state index contributed by atoms with van der Waals surface area (Å²) in [6, 6.07) is 12.5. The van der Waals surface area contributed by atoms with Crippen LogP contribution in [0.1, 0.15) is 0 Å². The van der Waals surface area contributed by atoms with Gasteiger partial charge in [0.2, 0.25) is 0 Å². The Morgan fingerprint density at radius 3 is 2.17 bits per heavy atom. The topological polar surface area (TPSA) is 17.0 Å². The molecule has 0 saturated carbocycles. The number of halogens is 4. The molecule has 0 radical (unpaired) electrons. The number of anilines is 1. The van der Waals surface area contributed by atoms with Crippen LogP contribution >= 0.6 is 11.6 Å². The van der Waals surface area contributed by atoms with Crippen molar-refractivity contribution in [2.45, 2.75) is 0 Å². The maximum Gasteiger partial charge on any atom is 0.125 e. The van der Waals surface area contributed by atoms with E-state index in [0.717, 1.165) is 0 Å². The Morgan fingerprint density at radius 2 is 1.38 bits per heavy atom. The third-order valence-electron chi connectivity index (χ3n) is 3.85. The average molecular weight is 347 g/mol. The standard InChI is InChI=1S/C18H10ClF3N2/c19-15-8-11(21)2-5-16(15)23-24-17-6-3-10(20)7-14(17)13-4-1-12(22)9-18(13)24/h1-9,23H. The van der Waals surface area contributed by atoms with Crippen LogP contribution < -0.4 is 5.43 Å². The lowest BCUT2D eigenvalue weighted by Gasteiger charge is -2.12. The lowest BCUT2D eigenvalue weighted by Crippen LogP contribution is -2.09. The summed E-state index contributed by atoms with van der Waals surface area (Å²) in [6.07, 6.45) is 0. The van der Waals surface area contributed by atoms with Gasteiger partial charge < -0.3 is 0 Å². The molecule has 2 nitrogen and oxygen atoms in total. The highest BCUT2D eigenvalue weighted by Gasteiger charge is 2.13. The van der Waals surface area contributed by atoms with Crippen LogP contribution in [-0.4, -0.2) is 4.68 Å². The molecule has 6 heteroatoms. The smallest absolute Gasteiger partial charge is 0.125 e. The van der Waals surface area contributed by atoms with Crippen molar-refractivity contribution in [3.63, 3.8) is 0 Å². The molecule has 120 valence electrons. The number of aromatic nitrogens is 1. The molecule has 24 heavy (non-hydrogen) atoms. The van der Waals surface area contributed by atoms with Gasteiger partial charge in [-0.1, -0.05) is 11.6 Å². The minimum atomic E-state index is -0.458. The van der Waals surface area contributed by atoms with Crippen molar-refractivity contribution in [3.05, 3.63) is 77.1 Å². The second-order valence-corrected chi connectivity index (χ2v) is 5.80. The molecule has 0 unspecified atom stereocenters. The predicted molar refractivity (Wildman–Crippen MR) is 89.8 cm³/mol. The van der Waals surface area contributed by atoms with Crippen molar-refractivity contribution in [1.29, 1.82) is 0 Å². The van der Waals surface area contributed by atoms with E-state index in [4.69, 9.17) is 11.6 Å². The number of nitrogens with one attached hydrogen (secondary N) is 1. The first kappa shape index (κ1) is 14.9. The van der Waals surface area contributed by atoms with E-state index in [2.05, 4.69) is 5.43 Å². The lowest BCUT2D eigenvalue weighted by molar-refractivity contribution is 0.628. The number of hydrogen-bond acceptors (Lipinski definition) is 1. The van der Waals surface area contributed by atoms with Gasteiger partial charge in [0.05, 0.1) is 21.7 Å². The van der Waals surface area contributed by atoms with Gasteiger partial charge in [-0.25, -0.2) is 13.2 Å². The van der Waals surface area contributed by atoms with Gasteiger partial charge >= 0.3 is 0 Å². The normalized spacial score (nSPS) is 11.3. The predicted octanol–water partition coefficient (Wildman–Crippen LogP) is 5.74. The number of nitrogens with zero attached hydrogens (tertiary/aromatic N) is 1. The van der Waals surface area contributed by atoms with Gasteiger partial charge in [-0.15, -0.1) is 0 Å². The van der Waals surface area contributed by atoms with Crippen LogP contribution in [0.3, 0.4) is 0 Å². The van der Waals surface area contributed by atoms with E-state index in [0.29, 0.717) is 27.5 Å². The van der Waals surface area contributed by atoms with Gasteiger partial charge in [-0.2, -0.15) is 0 Å². The quantitative estimate of drug-likeness (QED) is 0.489. The summed E-state index contributed by atoms with van der Waals surface area (Å²) in [5.41, 5.74) is 4.66. The van der Waals surface area contributed by atoms with E-state index in [1.807, 2.05) is 0 Å². The SMILES string of the molecule is Fc1ccc(Nn2c3ccc(F)cc3c3ccc(F)cc32)c(Cl)c1. The van der Waals surface area contributed by atoms with Crippen LogP contribution in [0.2, 0.25) is 5.02 Å². The Hall–Kier alpha value is -2.66. The Kier molecular flexibility index (Phi) is 3.39. The summed E-state index contributed by atoms with van der Waals surface area (Å²) in [4.78, 5) is 0. The van der Waals surface area contributed by atoms with E-state index < -0.39 is 11.6 Å². The first-order valence-corrected chi connectivity index (χ1v) is 7.52. The molecule has 0 aliphatic heterocycles. The first-order chi connectivity index (χ1) is 11.5. The van der Waals surface area contributed by atoms with Gasteiger partial charge in [0, 0.05) is 16.8 Å². The molecule has 0 amide bonds. The molecule has 0 spiro atoms. The molecule has 1 N–H and O–H groups in total. The molecule has 0 aliphatic carbocycles. The van der Waals surface area contributed by atoms with Crippen molar-refractivity contribution in [2.75, 3.05) is 5.43 Å². The zero-order valence-electron chi connectivity index (χ0n) is 12.2. The highest BCUT2D eigenvalue weighted by molar-refractivity contribution is 6.33. The Balaban J connectivity index is 1.99. The molecule has 4 aromatic rings. The van der Waals surface area contributed by atoms with E-state index in [1.54, 1.807) is 16.8 Å². The van der Waals surface area contributed by atoms with Gasteiger partial charge in [0.1, 0.15) is 17.5 Å². The monoisotopic (exact) mass is 346 g/mol. The number of fused-ring (bicyclic) bond motifs is 3. The fourth-order valence-corrected chi connectivity index (χ4v) is 3.00. The number of hydrogen-bond donors (Lipinski definition) is 1. The molecule has 0 aliphatic rings. The Labute approximate surface area is 140 Å². The van der Waals surface area contributed by atoms with Gasteiger partial charge in [0.15, 0.2) is 0 Å². The highest BCUT2D eigenvalue weighted by atomic mass is 35.5. The zero-order chi connectivity index (χ0) is 16.8. The number of rotatable bonds is 2. The summed E-state index contributed by atoms with van der Waals surface area (Å²) in [5.74, 6) is -1.26. The van der Waals surface area contributed by atoms with Gasteiger partial charge in [-0.3, -0.25) is 10.1 Å². The van der Waals surface area contributed by atoms with Crippen LogP contribution in [0.25, 0.3) is 21.8 Å². The van der Waals surface area contributed by atoms with Crippen LogP contribution in [-0.2, 0) is 0 Å². The van der Waals surface area contributed by atoms with Gasteiger partial charge in [-0.05, 0) is 48.5 Å². The van der Waals surface area contributed by atoms with Crippen molar-refractivity contribution in [2.24, 2.45) is 0 Å². The van der Waals surface area contributed by atoms with Crippen molar-refractivity contribution in [3.8, 4) is 0 Å². The summed E-state index contributed by atoms with van der Waals surface area (Å²) in [7, 11) is 0. The highest BCUT2D eigenvalue weighted by Crippen LogP contribution is 2.31. The molecular weight excluding hydrogens is 337 g/mol. The molecule has 1 aromatic heterocycles. The van der Waals surface area contributed by atoms with Crippen molar-refractivity contribution < 1.29 is 13.2 Å². The van der Waals surface area contributed by atoms with Crippen LogP contribution in [0.5, 0.6) is 0 Å². The Morgan fingerprint density at radius 1 is 0.708 bits per heavy atom. The molecule has 0 atom stereocenters. The second kappa shape index (κ2) is 5.46. The minimum absolute atomic E-state index is 0.184. The summed E-state index contributed by atoms with van der Waals surface area (Å²) in [5, 5.41) is 1.51. The van der Waals surface area contributed by atoms with Crippen molar-refractivity contribution >= 4 is 39.1 Å². The summed E-state index contributed by atoms with van der Waals surface area (Å²) < 4.78 is 42.1. The fourth-order valence-electron chi connectivity index (χ4n) is 2.79. The van der Waals surface area contributed by atoms with Crippen LogP contribution in [0.4, 0.5) is 18.9 Å². The minimum Gasteiger partial charge on any atom is -0.292 e. The van der Waals surface area contributed by atoms with Crippen LogP contribution in [0, 0.1) is 17.5 Å². The summed E-state index contributed by atoms with van der Waals surface area (Å²) in [6.45, 7) is 0. The van der Waals surface area contributed by atoms with Crippen molar-refractivity contribution in [1.82, 2.24) is 4.68 Å².